The maximum atomic E-state index is 11.7. The van der Waals surface area contributed by atoms with E-state index in [0.29, 0.717) is 23.0 Å². The number of rotatable bonds is 5. The molecule has 3 rings (SSSR count). The number of ether oxygens (including phenoxy) is 1. The van der Waals surface area contributed by atoms with E-state index in [4.69, 9.17) is 4.74 Å². The minimum atomic E-state index is -0.396. The van der Waals surface area contributed by atoms with E-state index in [-0.39, 0.29) is 0 Å². The second-order valence-corrected chi connectivity index (χ2v) is 6.26. The molecule has 0 atom stereocenters. The van der Waals surface area contributed by atoms with Gasteiger partial charge < -0.3 is 15.4 Å². The molecule has 0 fully saturated rings. The van der Waals surface area contributed by atoms with Gasteiger partial charge in [0.25, 0.3) is 0 Å². The Bertz CT molecular complexity index is 965. The third-order valence-electron chi connectivity index (χ3n) is 4.03. The maximum absolute atomic E-state index is 11.7. The molecule has 3 aromatic rings. The number of aromatic nitrogens is 3. The first-order chi connectivity index (χ1) is 13.0. The number of hydrogen-bond donors (Lipinski definition) is 2. The smallest absolute Gasteiger partial charge is 0.337 e. The van der Waals surface area contributed by atoms with E-state index in [2.05, 4.69) is 44.9 Å². The Hall–Kier alpha value is -3.48. The fraction of sp³-hybridized carbons (Fsp3) is 0.200. The first-order valence-corrected chi connectivity index (χ1v) is 8.46. The number of carbonyl (C=O) groups is 1. The van der Waals surface area contributed by atoms with Crippen LogP contribution in [0.1, 0.15) is 27.0 Å². The van der Waals surface area contributed by atoms with Crippen LogP contribution in [-0.4, -0.2) is 28.3 Å². The molecule has 0 radical (unpaired) electrons. The van der Waals surface area contributed by atoms with Crippen molar-refractivity contribution in [1.82, 2.24) is 15.2 Å². The highest BCUT2D eigenvalue weighted by atomic mass is 16.5. The molecule has 0 aliphatic carbocycles. The number of esters is 1. The molecule has 1 aromatic heterocycles. The van der Waals surface area contributed by atoms with Gasteiger partial charge in [-0.3, -0.25) is 0 Å². The fourth-order valence-corrected chi connectivity index (χ4v) is 2.90. The zero-order valence-corrected chi connectivity index (χ0v) is 15.7. The predicted molar refractivity (Wildman–Crippen MR) is 105 cm³/mol. The van der Waals surface area contributed by atoms with Gasteiger partial charge in [0.05, 0.1) is 18.9 Å². The lowest BCUT2D eigenvalue weighted by molar-refractivity contribution is 0.0601. The summed E-state index contributed by atoms with van der Waals surface area (Å²) in [5, 5.41) is 14.4. The number of anilines is 4. The summed E-state index contributed by atoms with van der Waals surface area (Å²) in [7, 11) is 1.35. The van der Waals surface area contributed by atoms with Crippen LogP contribution in [0.2, 0.25) is 0 Å². The topological polar surface area (TPSA) is 89.0 Å². The Labute approximate surface area is 157 Å². The minimum absolute atomic E-state index is 0.388. The average Bonchev–Trinajstić information content (AvgIpc) is 2.64. The molecule has 0 aliphatic rings. The van der Waals surface area contributed by atoms with E-state index >= 15 is 0 Å². The fourth-order valence-electron chi connectivity index (χ4n) is 2.90. The van der Waals surface area contributed by atoms with Crippen molar-refractivity contribution in [2.45, 2.75) is 20.8 Å². The highest BCUT2D eigenvalue weighted by Crippen LogP contribution is 2.25. The van der Waals surface area contributed by atoms with Gasteiger partial charge in [-0.1, -0.05) is 23.8 Å². The van der Waals surface area contributed by atoms with Crippen molar-refractivity contribution in [2.75, 3.05) is 17.7 Å². The molecule has 0 amide bonds. The number of carbonyl (C=O) groups excluding carboxylic acids is 1. The van der Waals surface area contributed by atoms with E-state index in [1.54, 1.807) is 18.2 Å². The number of hydrogen-bond acceptors (Lipinski definition) is 7. The van der Waals surface area contributed by atoms with Gasteiger partial charge in [-0.15, -0.1) is 5.10 Å². The monoisotopic (exact) mass is 363 g/mol. The van der Waals surface area contributed by atoms with Crippen LogP contribution in [0.4, 0.5) is 23.1 Å². The third-order valence-corrected chi connectivity index (χ3v) is 4.03. The molecular weight excluding hydrogens is 342 g/mol. The standard InChI is InChI=1S/C20H21N5O2/c1-12-8-13(2)18(14(3)9-12)24-20-23-17(11-21-25-20)22-16-7-5-6-15(10-16)19(26)27-4/h5-11H,1-4H3,(H2,22,23,24,25). The van der Waals surface area contributed by atoms with E-state index in [1.165, 1.54) is 18.9 Å². The molecule has 7 nitrogen and oxygen atoms in total. The van der Waals surface area contributed by atoms with Gasteiger partial charge in [-0.2, -0.15) is 10.1 Å². The molecule has 0 spiro atoms. The van der Waals surface area contributed by atoms with Gasteiger partial charge in [0, 0.05) is 11.4 Å². The second-order valence-electron chi connectivity index (χ2n) is 6.26. The quantitative estimate of drug-likeness (QED) is 0.660. The third kappa shape index (κ3) is 4.38. The summed E-state index contributed by atoms with van der Waals surface area (Å²) in [6, 6.07) is 11.2. The second kappa shape index (κ2) is 7.82. The van der Waals surface area contributed by atoms with Crippen molar-refractivity contribution in [3.05, 3.63) is 64.8 Å². The van der Waals surface area contributed by atoms with Gasteiger partial charge in [-0.05, 0) is 50.1 Å². The number of methoxy groups -OCH3 is 1. The van der Waals surface area contributed by atoms with Crippen LogP contribution in [0.3, 0.4) is 0 Å². The van der Waals surface area contributed by atoms with Crippen LogP contribution in [0.25, 0.3) is 0 Å². The first-order valence-electron chi connectivity index (χ1n) is 8.46. The van der Waals surface area contributed by atoms with E-state index in [9.17, 15) is 4.79 Å². The molecule has 0 saturated carbocycles. The lowest BCUT2D eigenvalue weighted by Crippen LogP contribution is -2.05. The molecule has 2 N–H and O–H groups in total. The summed E-state index contributed by atoms with van der Waals surface area (Å²) < 4.78 is 4.74. The van der Waals surface area contributed by atoms with Crippen molar-refractivity contribution in [3.63, 3.8) is 0 Å². The normalized spacial score (nSPS) is 10.4. The number of benzene rings is 2. The molecule has 27 heavy (non-hydrogen) atoms. The Morgan fingerprint density at radius 1 is 1.04 bits per heavy atom. The highest BCUT2D eigenvalue weighted by molar-refractivity contribution is 5.90. The van der Waals surface area contributed by atoms with Crippen molar-refractivity contribution in [1.29, 1.82) is 0 Å². The number of nitrogens with zero attached hydrogens (tertiary/aromatic N) is 3. The van der Waals surface area contributed by atoms with E-state index < -0.39 is 5.97 Å². The molecule has 0 bridgehead atoms. The predicted octanol–water partition coefficient (Wildman–Crippen LogP) is 4.07. The average molecular weight is 363 g/mol. The van der Waals surface area contributed by atoms with Crippen LogP contribution in [0.5, 0.6) is 0 Å². The molecule has 0 unspecified atom stereocenters. The van der Waals surface area contributed by atoms with Crippen LogP contribution in [0, 0.1) is 20.8 Å². The van der Waals surface area contributed by atoms with Crippen molar-refractivity contribution in [2.24, 2.45) is 0 Å². The number of nitrogens with one attached hydrogen (secondary N) is 2. The van der Waals surface area contributed by atoms with Crippen molar-refractivity contribution >= 4 is 29.1 Å². The van der Waals surface area contributed by atoms with Gasteiger partial charge in [-0.25, -0.2) is 4.79 Å². The molecule has 7 heteroatoms. The zero-order valence-electron chi connectivity index (χ0n) is 15.7. The lowest BCUT2D eigenvalue weighted by atomic mass is 10.1. The summed E-state index contributed by atoms with van der Waals surface area (Å²) >= 11 is 0. The van der Waals surface area contributed by atoms with Gasteiger partial charge in [0.2, 0.25) is 5.95 Å². The highest BCUT2D eigenvalue weighted by Gasteiger charge is 2.09. The van der Waals surface area contributed by atoms with Crippen LogP contribution >= 0.6 is 0 Å². The van der Waals surface area contributed by atoms with Crippen LogP contribution < -0.4 is 10.6 Å². The molecule has 138 valence electrons. The summed E-state index contributed by atoms with van der Waals surface area (Å²) in [4.78, 5) is 16.1. The molecule has 2 aromatic carbocycles. The maximum Gasteiger partial charge on any atom is 0.337 e. The Balaban J connectivity index is 1.82. The van der Waals surface area contributed by atoms with E-state index in [0.717, 1.165) is 16.8 Å². The summed E-state index contributed by atoms with van der Waals surface area (Å²) in [6.45, 7) is 6.14. The van der Waals surface area contributed by atoms with Crippen LogP contribution in [0.15, 0.2) is 42.6 Å². The Kier molecular flexibility index (Phi) is 5.30. The lowest BCUT2D eigenvalue weighted by Gasteiger charge is -2.13. The summed E-state index contributed by atoms with van der Waals surface area (Å²) in [6.07, 6.45) is 1.52. The summed E-state index contributed by atoms with van der Waals surface area (Å²) in [5.74, 6) is 0.503. The largest absolute Gasteiger partial charge is 0.465 e. The Morgan fingerprint density at radius 3 is 2.48 bits per heavy atom. The SMILES string of the molecule is COC(=O)c1cccc(Nc2cnnc(Nc3c(C)cc(C)cc3C)n2)c1. The summed E-state index contributed by atoms with van der Waals surface area (Å²) in [5.41, 5.74) is 5.55. The molecule has 1 heterocycles. The zero-order chi connectivity index (χ0) is 19.4. The van der Waals surface area contributed by atoms with E-state index in [1.807, 2.05) is 19.9 Å². The van der Waals surface area contributed by atoms with Crippen molar-refractivity contribution < 1.29 is 9.53 Å². The Morgan fingerprint density at radius 2 is 1.78 bits per heavy atom. The number of aryl methyl sites for hydroxylation is 3. The molecule has 0 saturated heterocycles. The first kappa shape index (κ1) is 18.3. The van der Waals surface area contributed by atoms with Gasteiger partial charge in [0.1, 0.15) is 0 Å². The molecular formula is C20H21N5O2. The van der Waals surface area contributed by atoms with Crippen LogP contribution in [-0.2, 0) is 4.74 Å². The van der Waals surface area contributed by atoms with Crippen molar-refractivity contribution in [3.8, 4) is 0 Å². The minimum Gasteiger partial charge on any atom is -0.465 e. The molecule has 0 aliphatic heterocycles. The van der Waals surface area contributed by atoms with Gasteiger partial charge in [0.15, 0.2) is 5.82 Å². The van der Waals surface area contributed by atoms with Gasteiger partial charge >= 0.3 is 5.97 Å².